The maximum absolute atomic E-state index is 13.2. The lowest BCUT2D eigenvalue weighted by Gasteiger charge is -2.30. The average Bonchev–Trinajstić information content (AvgIpc) is 2.77. The number of methoxy groups -OCH3 is 1. The van der Waals surface area contributed by atoms with Crippen LogP contribution in [-0.4, -0.2) is 36.5 Å². The minimum absolute atomic E-state index is 0.245. The average molecular weight is 422 g/mol. The maximum atomic E-state index is 13.2. The Morgan fingerprint density at radius 2 is 1.45 bits per heavy atom. The molecular weight excluding hydrogens is 386 g/mol. The Hall–Kier alpha value is -2.46. The zero-order chi connectivity index (χ0) is 22.3. The number of aliphatic imine (C=N–C) groups is 1. The van der Waals surface area contributed by atoms with Crippen LogP contribution >= 0.6 is 0 Å². The van der Waals surface area contributed by atoms with Gasteiger partial charge < -0.3 is 9.47 Å². The van der Waals surface area contributed by atoms with Crippen LogP contribution in [0.15, 0.2) is 65.7 Å². The van der Waals surface area contributed by atoms with Gasteiger partial charge in [-0.3, -0.25) is 4.99 Å². The number of rotatable bonds is 7. The summed E-state index contributed by atoms with van der Waals surface area (Å²) in [4.78, 5) is 18.2. The molecule has 1 aliphatic rings. The van der Waals surface area contributed by atoms with Crippen molar-refractivity contribution in [1.82, 2.24) is 0 Å². The number of carbonyl (C=O) groups is 1. The molecule has 0 radical (unpaired) electrons. The van der Waals surface area contributed by atoms with Gasteiger partial charge in [0.2, 0.25) is 0 Å². The van der Waals surface area contributed by atoms with Gasteiger partial charge in [0, 0.05) is 18.2 Å². The van der Waals surface area contributed by atoms with E-state index in [-0.39, 0.29) is 5.97 Å². The number of benzene rings is 2. The minimum atomic E-state index is -0.543. The summed E-state index contributed by atoms with van der Waals surface area (Å²) in [5, 5.41) is 0. The highest BCUT2D eigenvalue weighted by Crippen LogP contribution is 2.31. The van der Waals surface area contributed by atoms with Crippen LogP contribution in [0.1, 0.15) is 64.0 Å². The fraction of sp³-hybridized carbons (Fsp3) is 0.481. The van der Waals surface area contributed by atoms with E-state index in [1.54, 1.807) is 7.11 Å². The molecule has 0 bridgehead atoms. The van der Waals surface area contributed by atoms with E-state index in [0.29, 0.717) is 18.4 Å². The van der Waals surface area contributed by atoms with E-state index in [2.05, 4.69) is 0 Å². The standard InChI is InChI=1S/C27H35NO3/c1-27(2,3)31-26(29)24(19-20-15-17-23(30-4)18-16-20)28-25(21-11-7-5-8-12-21)22-13-9-6-10-14-22/h5-14,20,23-24H,15-19H2,1-4H3/t20-,23-,24-/m0/s1. The maximum Gasteiger partial charge on any atom is 0.331 e. The van der Waals surface area contributed by atoms with E-state index in [0.717, 1.165) is 42.5 Å². The molecule has 0 unspecified atom stereocenters. The normalized spacial score (nSPS) is 20.0. The van der Waals surface area contributed by atoms with Gasteiger partial charge in [-0.25, -0.2) is 4.79 Å². The summed E-state index contributed by atoms with van der Waals surface area (Å²) in [5.74, 6) is 0.200. The van der Waals surface area contributed by atoms with Gasteiger partial charge in [-0.15, -0.1) is 0 Å². The zero-order valence-electron chi connectivity index (χ0n) is 19.2. The Kier molecular flexibility index (Phi) is 8.03. The van der Waals surface area contributed by atoms with Gasteiger partial charge in [-0.05, 0) is 58.8 Å². The second-order valence-corrected chi connectivity index (χ2v) is 9.37. The van der Waals surface area contributed by atoms with E-state index < -0.39 is 11.6 Å². The molecular formula is C27H35NO3. The summed E-state index contributed by atoms with van der Waals surface area (Å²) in [6, 6.07) is 19.6. The predicted octanol–water partition coefficient (Wildman–Crippen LogP) is 5.83. The third-order valence-corrected chi connectivity index (χ3v) is 5.74. The molecule has 0 N–H and O–H groups in total. The lowest BCUT2D eigenvalue weighted by atomic mass is 9.83. The summed E-state index contributed by atoms with van der Waals surface area (Å²) >= 11 is 0. The Labute approximate surface area is 186 Å². The van der Waals surface area contributed by atoms with Gasteiger partial charge in [-0.1, -0.05) is 60.7 Å². The first-order valence-corrected chi connectivity index (χ1v) is 11.3. The number of nitrogens with zero attached hydrogens (tertiary/aromatic N) is 1. The van der Waals surface area contributed by atoms with Crippen LogP contribution < -0.4 is 0 Å². The monoisotopic (exact) mass is 421 g/mol. The van der Waals surface area contributed by atoms with Gasteiger partial charge in [0.15, 0.2) is 0 Å². The Morgan fingerprint density at radius 1 is 0.935 bits per heavy atom. The molecule has 0 heterocycles. The highest BCUT2D eigenvalue weighted by molar-refractivity contribution is 6.13. The summed E-state index contributed by atoms with van der Waals surface area (Å²) in [7, 11) is 1.78. The summed E-state index contributed by atoms with van der Waals surface area (Å²) in [6.07, 6.45) is 5.23. The van der Waals surface area contributed by atoms with E-state index in [9.17, 15) is 4.79 Å². The molecule has 4 heteroatoms. The first-order valence-electron chi connectivity index (χ1n) is 11.3. The molecule has 1 saturated carbocycles. The number of hydrogen-bond acceptors (Lipinski definition) is 4. The van der Waals surface area contributed by atoms with Crippen molar-refractivity contribution in [3.8, 4) is 0 Å². The van der Waals surface area contributed by atoms with Crippen LogP contribution in [0.3, 0.4) is 0 Å². The van der Waals surface area contributed by atoms with E-state index in [4.69, 9.17) is 14.5 Å². The number of esters is 1. The van der Waals surface area contributed by atoms with Crippen molar-refractivity contribution in [2.24, 2.45) is 10.9 Å². The van der Waals surface area contributed by atoms with Crippen LogP contribution in [0, 0.1) is 5.92 Å². The van der Waals surface area contributed by atoms with Crippen LogP contribution in [0.25, 0.3) is 0 Å². The van der Waals surface area contributed by atoms with Crippen molar-refractivity contribution in [3.05, 3.63) is 71.8 Å². The van der Waals surface area contributed by atoms with Gasteiger partial charge in [0.1, 0.15) is 11.6 Å². The van der Waals surface area contributed by atoms with Gasteiger partial charge >= 0.3 is 5.97 Å². The van der Waals surface area contributed by atoms with Crippen LogP contribution in [0.5, 0.6) is 0 Å². The fourth-order valence-electron chi connectivity index (χ4n) is 4.15. The second-order valence-electron chi connectivity index (χ2n) is 9.37. The first kappa shape index (κ1) is 23.2. The van der Waals surface area contributed by atoms with Crippen molar-refractivity contribution in [1.29, 1.82) is 0 Å². The van der Waals surface area contributed by atoms with E-state index in [1.807, 2.05) is 81.4 Å². The quantitative estimate of drug-likeness (QED) is 0.417. The Bertz CT molecular complexity index is 806. The number of carbonyl (C=O) groups excluding carboxylic acids is 1. The number of hydrogen-bond donors (Lipinski definition) is 0. The summed E-state index contributed by atoms with van der Waals surface area (Å²) in [5.41, 5.74) is 2.30. The molecule has 2 aromatic carbocycles. The van der Waals surface area contributed by atoms with E-state index in [1.165, 1.54) is 0 Å². The van der Waals surface area contributed by atoms with E-state index >= 15 is 0 Å². The number of ether oxygens (including phenoxy) is 2. The molecule has 166 valence electrons. The van der Waals surface area contributed by atoms with Crippen LogP contribution in [-0.2, 0) is 14.3 Å². The molecule has 0 aromatic heterocycles. The van der Waals surface area contributed by atoms with Crippen LogP contribution in [0.4, 0.5) is 0 Å². The zero-order valence-corrected chi connectivity index (χ0v) is 19.2. The molecule has 0 spiro atoms. The Morgan fingerprint density at radius 3 is 1.90 bits per heavy atom. The molecule has 3 rings (SSSR count). The summed E-state index contributed by atoms with van der Waals surface area (Å²) in [6.45, 7) is 5.72. The van der Waals surface area contributed by atoms with Crippen molar-refractivity contribution in [2.45, 2.75) is 70.6 Å². The molecule has 0 aliphatic heterocycles. The molecule has 0 amide bonds. The third-order valence-electron chi connectivity index (χ3n) is 5.74. The molecule has 0 saturated heterocycles. The minimum Gasteiger partial charge on any atom is -0.458 e. The largest absolute Gasteiger partial charge is 0.458 e. The molecule has 2 aromatic rings. The van der Waals surface area contributed by atoms with Gasteiger partial charge in [-0.2, -0.15) is 0 Å². The second kappa shape index (κ2) is 10.7. The first-order chi connectivity index (χ1) is 14.9. The third kappa shape index (κ3) is 7.03. The highest BCUT2D eigenvalue weighted by Gasteiger charge is 2.30. The van der Waals surface area contributed by atoms with Gasteiger partial charge in [0.25, 0.3) is 0 Å². The van der Waals surface area contributed by atoms with Crippen molar-refractivity contribution >= 4 is 11.7 Å². The highest BCUT2D eigenvalue weighted by atomic mass is 16.6. The lowest BCUT2D eigenvalue weighted by molar-refractivity contribution is -0.156. The summed E-state index contributed by atoms with van der Waals surface area (Å²) < 4.78 is 11.3. The lowest BCUT2D eigenvalue weighted by Crippen LogP contribution is -2.34. The SMILES string of the molecule is CO[C@H]1CC[C@H](C[C@H](N=C(c2ccccc2)c2ccccc2)C(=O)OC(C)(C)C)CC1. The van der Waals surface area contributed by atoms with Crippen LogP contribution in [0.2, 0.25) is 0 Å². The Balaban J connectivity index is 1.93. The predicted molar refractivity (Wildman–Crippen MR) is 126 cm³/mol. The molecule has 4 nitrogen and oxygen atoms in total. The topological polar surface area (TPSA) is 47.9 Å². The molecule has 1 aliphatic carbocycles. The van der Waals surface area contributed by atoms with Crippen molar-refractivity contribution < 1.29 is 14.3 Å². The fourth-order valence-corrected chi connectivity index (χ4v) is 4.15. The van der Waals surface area contributed by atoms with Gasteiger partial charge in [0.05, 0.1) is 11.8 Å². The smallest absolute Gasteiger partial charge is 0.331 e. The van der Waals surface area contributed by atoms with Crippen molar-refractivity contribution in [2.75, 3.05) is 7.11 Å². The molecule has 31 heavy (non-hydrogen) atoms. The van der Waals surface area contributed by atoms with Crippen molar-refractivity contribution in [3.63, 3.8) is 0 Å². The molecule has 1 atom stereocenters. The molecule has 1 fully saturated rings.